The number of likely N-dealkylation sites (N-methyl/N-ethyl adjacent to an activating group) is 1. The van der Waals surface area contributed by atoms with Gasteiger partial charge in [-0.05, 0) is 25.6 Å². The molecule has 0 saturated carbocycles. The van der Waals surface area contributed by atoms with E-state index >= 15 is 0 Å². The molecule has 1 rings (SSSR count). The third-order valence-electron chi connectivity index (χ3n) is 2.72. The summed E-state index contributed by atoms with van der Waals surface area (Å²) in [6.07, 6.45) is 3.56. The third-order valence-corrected chi connectivity index (χ3v) is 2.72. The van der Waals surface area contributed by atoms with Gasteiger partial charge in [-0.25, -0.2) is 0 Å². The lowest BCUT2D eigenvalue weighted by molar-refractivity contribution is 0.291. The average molecular weight is 220 g/mol. The van der Waals surface area contributed by atoms with Crippen LogP contribution in [0.15, 0.2) is 24.4 Å². The number of aromatic nitrogens is 1. The minimum Gasteiger partial charge on any atom is -0.386 e. The highest BCUT2D eigenvalue weighted by Crippen LogP contribution is 2.03. The van der Waals surface area contributed by atoms with Crippen LogP contribution >= 0.6 is 0 Å². The number of amidine groups is 1. The van der Waals surface area contributed by atoms with Gasteiger partial charge in [0.25, 0.3) is 0 Å². The summed E-state index contributed by atoms with van der Waals surface area (Å²) in [5.41, 5.74) is 6.62. The smallest absolute Gasteiger partial charge is 0.108 e. The molecule has 4 heteroatoms. The molecule has 0 aromatic carbocycles. The maximum atomic E-state index is 7.49. The second kappa shape index (κ2) is 6.23. The lowest BCUT2D eigenvalue weighted by atomic mass is 10.1. The summed E-state index contributed by atoms with van der Waals surface area (Å²) >= 11 is 0. The van der Waals surface area contributed by atoms with Crippen molar-refractivity contribution >= 4 is 5.84 Å². The molecule has 1 aromatic heterocycles. The van der Waals surface area contributed by atoms with Gasteiger partial charge in [0.15, 0.2) is 0 Å². The van der Waals surface area contributed by atoms with Crippen LogP contribution in [0.3, 0.4) is 0 Å². The Hall–Kier alpha value is -1.42. The van der Waals surface area contributed by atoms with Crippen LogP contribution < -0.4 is 5.73 Å². The zero-order valence-electron chi connectivity index (χ0n) is 9.98. The number of nitrogens with one attached hydrogen (secondary N) is 1. The van der Waals surface area contributed by atoms with Gasteiger partial charge in [-0.1, -0.05) is 13.0 Å². The molecule has 0 aliphatic rings. The van der Waals surface area contributed by atoms with Gasteiger partial charge >= 0.3 is 0 Å². The number of nitrogens with zero attached hydrogens (tertiary/aromatic N) is 2. The van der Waals surface area contributed by atoms with Gasteiger partial charge in [-0.2, -0.15) is 0 Å². The summed E-state index contributed by atoms with van der Waals surface area (Å²) in [7, 11) is 2.00. The van der Waals surface area contributed by atoms with Crippen LogP contribution in [0.5, 0.6) is 0 Å². The first-order chi connectivity index (χ1) is 7.65. The highest BCUT2D eigenvalue weighted by atomic mass is 15.1. The molecular weight excluding hydrogens is 200 g/mol. The predicted molar refractivity (Wildman–Crippen MR) is 66.6 cm³/mol. The van der Waals surface area contributed by atoms with E-state index in [1.807, 2.05) is 32.2 Å². The predicted octanol–water partition coefficient (Wildman–Crippen LogP) is 1.27. The quantitative estimate of drug-likeness (QED) is 0.560. The summed E-state index contributed by atoms with van der Waals surface area (Å²) in [6, 6.07) is 5.97. The zero-order chi connectivity index (χ0) is 12.0. The summed E-state index contributed by atoms with van der Waals surface area (Å²) in [5.74, 6) is 0.242. The van der Waals surface area contributed by atoms with E-state index in [9.17, 15) is 0 Å². The first kappa shape index (κ1) is 12.6. The first-order valence-electron chi connectivity index (χ1n) is 5.59. The number of hydrogen-bond acceptors (Lipinski definition) is 3. The highest BCUT2D eigenvalue weighted by molar-refractivity contribution is 5.82. The Labute approximate surface area is 97.0 Å². The van der Waals surface area contributed by atoms with Crippen LogP contribution in [0, 0.1) is 5.41 Å². The van der Waals surface area contributed by atoms with E-state index < -0.39 is 0 Å². The fourth-order valence-corrected chi connectivity index (χ4v) is 1.76. The number of nitrogens with two attached hydrogens (primary N) is 1. The van der Waals surface area contributed by atoms with E-state index in [2.05, 4.69) is 9.88 Å². The van der Waals surface area contributed by atoms with Gasteiger partial charge in [0, 0.05) is 24.9 Å². The normalized spacial score (nSPS) is 12.7. The van der Waals surface area contributed by atoms with Crippen molar-refractivity contribution in [1.82, 2.24) is 9.88 Å². The van der Waals surface area contributed by atoms with E-state index in [4.69, 9.17) is 11.1 Å². The molecule has 88 valence electrons. The zero-order valence-corrected chi connectivity index (χ0v) is 9.98. The molecule has 0 radical (unpaired) electrons. The Balaban J connectivity index is 2.46. The summed E-state index contributed by atoms with van der Waals surface area (Å²) < 4.78 is 0. The topological polar surface area (TPSA) is 66.0 Å². The van der Waals surface area contributed by atoms with Gasteiger partial charge in [0.2, 0.25) is 0 Å². The highest BCUT2D eigenvalue weighted by Gasteiger charge is 2.15. The summed E-state index contributed by atoms with van der Waals surface area (Å²) in [5, 5.41) is 7.49. The van der Waals surface area contributed by atoms with Gasteiger partial charge in [-0.3, -0.25) is 15.3 Å². The second-order valence-corrected chi connectivity index (χ2v) is 3.93. The van der Waals surface area contributed by atoms with Crippen molar-refractivity contribution in [3.8, 4) is 0 Å². The van der Waals surface area contributed by atoms with Gasteiger partial charge < -0.3 is 5.73 Å². The monoisotopic (exact) mass is 220 g/mol. The van der Waals surface area contributed by atoms with Crippen LogP contribution in [0.1, 0.15) is 19.0 Å². The van der Waals surface area contributed by atoms with Crippen molar-refractivity contribution in [1.29, 1.82) is 5.41 Å². The van der Waals surface area contributed by atoms with Crippen molar-refractivity contribution in [3.05, 3.63) is 30.1 Å². The first-order valence-corrected chi connectivity index (χ1v) is 5.59. The van der Waals surface area contributed by atoms with Crippen molar-refractivity contribution in [2.45, 2.75) is 25.8 Å². The molecule has 1 heterocycles. The minimum absolute atomic E-state index is 0.0451. The number of pyridine rings is 1. The Kier molecular flexibility index (Phi) is 4.92. The minimum atomic E-state index is 0.0451. The molecule has 1 aromatic rings. The maximum absolute atomic E-state index is 7.49. The maximum Gasteiger partial charge on any atom is 0.108 e. The summed E-state index contributed by atoms with van der Waals surface area (Å²) in [4.78, 5) is 6.38. The Bertz CT molecular complexity index is 323. The molecule has 0 bridgehead atoms. The SMILES string of the molecule is CCC(C(=N)N)N(C)CCc1ccccn1. The lowest BCUT2D eigenvalue weighted by Gasteiger charge is -2.25. The molecule has 0 amide bonds. The molecule has 0 spiro atoms. The van der Waals surface area contributed by atoms with E-state index in [1.165, 1.54) is 0 Å². The Morgan fingerprint density at radius 2 is 2.31 bits per heavy atom. The van der Waals surface area contributed by atoms with Gasteiger partial charge in [0.1, 0.15) is 5.84 Å². The van der Waals surface area contributed by atoms with Crippen LogP contribution in [-0.2, 0) is 6.42 Å². The van der Waals surface area contributed by atoms with Gasteiger partial charge in [-0.15, -0.1) is 0 Å². The van der Waals surface area contributed by atoms with Crippen LogP contribution in [0.2, 0.25) is 0 Å². The molecule has 3 N–H and O–H groups in total. The molecule has 0 aliphatic carbocycles. The Morgan fingerprint density at radius 3 is 2.81 bits per heavy atom. The number of rotatable bonds is 6. The van der Waals surface area contributed by atoms with Crippen molar-refractivity contribution in [3.63, 3.8) is 0 Å². The van der Waals surface area contributed by atoms with Crippen molar-refractivity contribution < 1.29 is 0 Å². The van der Waals surface area contributed by atoms with E-state index in [1.54, 1.807) is 6.20 Å². The van der Waals surface area contributed by atoms with E-state index in [0.717, 1.165) is 25.1 Å². The molecule has 1 unspecified atom stereocenters. The molecular formula is C12H20N4. The van der Waals surface area contributed by atoms with Gasteiger partial charge in [0.05, 0.1) is 6.04 Å². The van der Waals surface area contributed by atoms with Crippen LogP contribution in [-0.4, -0.2) is 35.4 Å². The molecule has 16 heavy (non-hydrogen) atoms. The average Bonchev–Trinajstić information content (AvgIpc) is 2.28. The fraction of sp³-hybridized carbons (Fsp3) is 0.500. The standard InChI is InChI=1S/C12H20N4/c1-3-11(12(13)14)16(2)9-7-10-6-4-5-8-15-10/h4-6,8,11H,3,7,9H2,1-2H3,(H3,13,14). The van der Waals surface area contributed by atoms with Crippen LogP contribution in [0.25, 0.3) is 0 Å². The van der Waals surface area contributed by atoms with Crippen molar-refractivity contribution in [2.24, 2.45) is 5.73 Å². The largest absolute Gasteiger partial charge is 0.386 e. The van der Waals surface area contributed by atoms with Crippen molar-refractivity contribution in [2.75, 3.05) is 13.6 Å². The van der Waals surface area contributed by atoms with Crippen LogP contribution in [0.4, 0.5) is 0 Å². The molecule has 4 nitrogen and oxygen atoms in total. The lowest BCUT2D eigenvalue weighted by Crippen LogP contribution is -2.42. The third kappa shape index (κ3) is 3.62. The Morgan fingerprint density at radius 1 is 1.56 bits per heavy atom. The molecule has 0 fully saturated rings. The molecule has 0 saturated heterocycles. The van der Waals surface area contributed by atoms with E-state index in [0.29, 0.717) is 0 Å². The molecule has 1 atom stereocenters. The summed E-state index contributed by atoms with van der Waals surface area (Å²) in [6.45, 7) is 2.92. The molecule has 0 aliphatic heterocycles. The second-order valence-electron chi connectivity index (χ2n) is 3.93. The number of hydrogen-bond donors (Lipinski definition) is 2. The fourth-order valence-electron chi connectivity index (χ4n) is 1.76. The van der Waals surface area contributed by atoms with E-state index in [-0.39, 0.29) is 11.9 Å².